The van der Waals surface area contributed by atoms with E-state index in [1.54, 1.807) is 0 Å². The molecule has 12 heteroatoms. The first-order chi connectivity index (χ1) is 25.1. The highest BCUT2D eigenvalue weighted by molar-refractivity contribution is 5.24. The van der Waals surface area contributed by atoms with Gasteiger partial charge in [-0.25, -0.2) is 0 Å². The van der Waals surface area contributed by atoms with E-state index in [-0.39, 0.29) is 39.9 Å². The Morgan fingerprint density at radius 3 is 2.09 bits per heavy atom. The van der Waals surface area contributed by atoms with Crippen molar-refractivity contribution >= 4 is 0 Å². The van der Waals surface area contributed by atoms with E-state index in [2.05, 4.69) is 67.5 Å². The molecule has 2 heterocycles. The van der Waals surface area contributed by atoms with E-state index in [1.165, 1.54) is 18.1 Å². The van der Waals surface area contributed by atoms with Gasteiger partial charge in [-0.15, -0.1) is 0 Å². The zero-order valence-corrected chi connectivity index (χ0v) is 33.8. The quantitative estimate of drug-likeness (QED) is 0.133. The van der Waals surface area contributed by atoms with Crippen LogP contribution in [0.3, 0.4) is 0 Å². The normalized spacial score (nSPS) is 53.3. The maximum atomic E-state index is 12.2. The lowest BCUT2D eigenvalue weighted by Gasteiger charge is -2.72. The van der Waals surface area contributed by atoms with Gasteiger partial charge in [0, 0.05) is 0 Å². The molecule has 2 aliphatic heterocycles. The van der Waals surface area contributed by atoms with Gasteiger partial charge in [-0.1, -0.05) is 57.9 Å². The molecule has 2 saturated heterocycles. The van der Waals surface area contributed by atoms with Crippen molar-refractivity contribution in [3.63, 3.8) is 0 Å². The zero-order chi connectivity index (χ0) is 39.9. The van der Waals surface area contributed by atoms with Gasteiger partial charge in [-0.05, 0) is 118 Å². The van der Waals surface area contributed by atoms with Crippen LogP contribution in [0.1, 0.15) is 107 Å². The van der Waals surface area contributed by atoms with Crippen LogP contribution in [0.2, 0.25) is 0 Å². The van der Waals surface area contributed by atoms with E-state index in [1.807, 2.05) is 0 Å². The van der Waals surface area contributed by atoms with Gasteiger partial charge in [-0.2, -0.15) is 0 Å². The number of aliphatic hydroxyl groups is 8. The minimum atomic E-state index is -1.68. The zero-order valence-electron chi connectivity index (χ0n) is 33.8. The number of fused-ring (bicyclic) bond motifs is 5. The summed E-state index contributed by atoms with van der Waals surface area (Å²) in [5.74, 6) is 0.165. The molecule has 20 unspecified atom stereocenters. The first kappa shape index (κ1) is 42.6. The largest absolute Gasteiger partial charge is 0.394 e. The minimum Gasteiger partial charge on any atom is -0.394 e. The molecule has 310 valence electrons. The predicted molar refractivity (Wildman–Crippen MR) is 199 cm³/mol. The van der Waals surface area contributed by atoms with Gasteiger partial charge >= 0.3 is 0 Å². The van der Waals surface area contributed by atoms with Crippen molar-refractivity contribution in [2.24, 2.45) is 45.3 Å². The number of allylic oxidation sites excluding steroid dienone is 4. The van der Waals surface area contributed by atoms with Crippen LogP contribution in [-0.4, -0.2) is 127 Å². The van der Waals surface area contributed by atoms with Crippen LogP contribution < -0.4 is 0 Å². The van der Waals surface area contributed by atoms with Crippen molar-refractivity contribution in [3.05, 3.63) is 23.3 Å². The highest BCUT2D eigenvalue weighted by atomic mass is 16.8. The summed E-state index contributed by atoms with van der Waals surface area (Å²) in [5, 5.41) is 88.2. The lowest BCUT2D eigenvalue weighted by molar-refractivity contribution is -0.381. The summed E-state index contributed by atoms with van der Waals surface area (Å²) < 4.78 is 25.2. The third-order valence-corrected chi connectivity index (χ3v) is 16.0. The van der Waals surface area contributed by atoms with Gasteiger partial charge in [0.05, 0.1) is 31.0 Å². The Bertz CT molecular complexity index is 1400. The fourth-order valence-corrected chi connectivity index (χ4v) is 12.9. The second-order valence-corrected chi connectivity index (χ2v) is 19.6. The molecule has 0 spiro atoms. The maximum absolute atomic E-state index is 12.2. The molecule has 4 saturated carbocycles. The SMILES string of the molecule is CC(C)=CC/C=C(\C)C1CCC2(C)C1C(O)CC1C3(C)CCC(O)C(C)(C)C3C(OC3OC(CO)C(O)C(O)C3OC3OC(C)C(O)C(O)C3O)CC12C. The second kappa shape index (κ2) is 15.3. The van der Waals surface area contributed by atoms with Gasteiger partial charge < -0.3 is 59.8 Å². The molecule has 0 aromatic rings. The molecule has 20 atom stereocenters. The molecule has 6 fully saturated rings. The van der Waals surface area contributed by atoms with Gasteiger partial charge in [-0.3, -0.25) is 0 Å². The van der Waals surface area contributed by atoms with Crippen LogP contribution in [0.25, 0.3) is 0 Å². The Kier molecular flexibility index (Phi) is 12.1. The van der Waals surface area contributed by atoms with Crippen molar-refractivity contribution in [1.29, 1.82) is 0 Å². The fourth-order valence-electron chi connectivity index (χ4n) is 12.9. The Hall–Kier alpha value is -1.00. The average Bonchev–Trinajstić information content (AvgIpc) is 3.48. The van der Waals surface area contributed by atoms with Crippen LogP contribution in [0.5, 0.6) is 0 Å². The highest BCUT2D eigenvalue weighted by Gasteiger charge is 2.73. The molecule has 6 rings (SSSR count). The first-order valence-corrected chi connectivity index (χ1v) is 20.4. The summed E-state index contributed by atoms with van der Waals surface area (Å²) >= 11 is 0. The van der Waals surface area contributed by atoms with Crippen LogP contribution >= 0.6 is 0 Å². The molecule has 54 heavy (non-hydrogen) atoms. The molecular formula is C42H70O12. The molecule has 0 radical (unpaired) electrons. The number of rotatable bonds is 8. The third-order valence-electron chi connectivity index (χ3n) is 16.0. The lowest BCUT2D eigenvalue weighted by Crippen LogP contribution is -2.71. The summed E-state index contributed by atoms with van der Waals surface area (Å²) in [6.07, 6.45) is -6.05. The Morgan fingerprint density at radius 1 is 0.759 bits per heavy atom. The summed E-state index contributed by atoms with van der Waals surface area (Å²) in [5.41, 5.74) is 1.01. The van der Waals surface area contributed by atoms with Crippen LogP contribution in [0, 0.1) is 45.3 Å². The van der Waals surface area contributed by atoms with E-state index in [9.17, 15) is 40.9 Å². The first-order valence-electron chi connectivity index (χ1n) is 20.4. The number of ether oxygens (including phenoxy) is 4. The minimum absolute atomic E-state index is 0.0381. The predicted octanol–water partition coefficient (Wildman–Crippen LogP) is 2.95. The van der Waals surface area contributed by atoms with Gasteiger partial charge in [0.15, 0.2) is 12.6 Å². The Labute approximate surface area is 321 Å². The van der Waals surface area contributed by atoms with E-state index < -0.39 is 91.7 Å². The van der Waals surface area contributed by atoms with Crippen LogP contribution in [0.4, 0.5) is 0 Å². The fraction of sp³-hybridized carbons (Fsp3) is 0.905. The van der Waals surface area contributed by atoms with E-state index in [4.69, 9.17) is 18.9 Å². The average molecular weight is 767 g/mol. The number of aliphatic hydroxyl groups excluding tert-OH is 8. The van der Waals surface area contributed by atoms with Crippen molar-refractivity contribution in [2.45, 2.75) is 187 Å². The highest BCUT2D eigenvalue weighted by Crippen LogP contribution is 2.76. The Morgan fingerprint density at radius 2 is 1.44 bits per heavy atom. The van der Waals surface area contributed by atoms with Gasteiger partial charge in [0.25, 0.3) is 0 Å². The lowest BCUT2D eigenvalue weighted by atomic mass is 9.34. The van der Waals surface area contributed by atoms with Crippen molar-refractivity contribution in [1.82, 2.24) is 0 Å². The Balaban J connectivity index is 1.39. The summed E-state index contributed by atoms with van der Waals surface area (Å²) in [7, 11) is 0. The third kappa shape index (κ3) is 6.79. The van der Waals surface area contributed by atoms with Gasteiger partial charge in [0.1, 0.15) is 42.7 Å². The van der Waals surface area contributed by atoms with E-state index in [0.717, 1.165) is 25.7 Å². The number of hydrogen-bond donors (Lipinski definition) is 8. The summed E-state index contributed by atoms with van der Waals surface area (Å²) in [4.78, 5) is 0. The molecule has 6 aliphatic rings. The summed E-state index contributed by atoms with van der Waals surface area (Å²) in [6.45, 7) is 18.5. The van der Waals surface area contributed by atoms with Crippen LogP contribution in [0.15, 0.2) is 23.3 Å². The van der Waals surface area contributed by atoms with Crippen LogP contribution in [-0.2, 0) is 18.9 Å². The molecule has 12 nitrogen and oxygen atoms in total. The molecule has 4 aliphatic carbocycles. The second-order valence-electron chi connectivity index (χ2n) is 19.6. The van der Waals surface area contributed by atoms with Gasteiger partial charge in [0.2, 0.25) is 0 Å². The summed E-state index contributed by atoms with van der Waals surface area (Å²) in [6, 6.07) is 0. The smallest absolute Gasteiger partial charge is 0.187 e. The maximum Gasteiger partial charge on any atom is 0.187 e. The van der Waals surface area contributed by atoms with Crippen molar-refractivity contribution in [2.75, 3.05) is 6.61 Å². The monoisotopic (exact) mass is 766 g/mol. The number of hydrogen-bond acceptors (Lipinski definition) is 12. The van der Waals surface area contributed by atoms with E-state index >= 15 is 0 Å². The standard InChI is InChI=1S/C42H70O12/c1-20(2)11-10-12-21(3)23-13-16-41(8)29(23)24(44)17-27-40(7)15-14-28(45)39(5,6)36(40)25(18-42(27,41)9)52-38-35(33(49)31(47)26(19-43)53-38)54-37-34(50)32(48)30(46)22(4)51-37/h11-12,22-38,43-50H,10,13-19H2,1-9H3/b21-12+. The molecule has 8 N–H and O–H groups in total. The molecule has 0 amide bonds. The van der Waals surface area contributed by atoms with Crippen molar-refractivity contribution < 1.29 is 59.8 Å². The topological polar surface area (TPSA) is 199 Å². The molecular weight excluding hydrogens is 696 g/mol. The molecule has 0 bridgehead atoms. The van der Waals surface area contributed by atoms with E-state index in [0.29, 0.717) is 19.3 Å². The molecule has 0 aromatic heterocycles. The van der Waals surface area contributed by atoms with Crippen molar-refractivity contribution in [3.8, 4) is 0 Å². The molecule has 0 aromatic carbocycles.